The van der Waals surface area contributed by atoms with Gasteiger partial charge in [0, 0.05) is 6.54 Å². The van der Waals surface area contributed by atoms with E-state index in [9.17, 15) is 0 Å². The number of hydrogen-bond acceptors (Lipinski definition) is 2. The first-order chi connectivity index (χ1) is 10.8. The van der Waals surface area contributed by atoms with Crippen molar-refractivity contribution in [1.82, 2.24) is 10.7 Å². The lowest BCUT2D eigenvalue weighted by Gasteiger charge is -2.08. The van der Waals surface area contributed by atoms with Crippen molar-refractivity contribution in [3.05, 3.63) is 54.6 Å². The van der Waals surface area contributed by atoms with Crippen molar-refractivity contribution in [3.8, 4) is 5.75 Å². The number of hydrazone groups is 1. The van der Waals surface area contributed by atoms with Gasteiger partial charge in [-0.25, -0.2) is 0 Å². The minimum absolute atomic E-state index is 0.509. The molecule has 2 aromatic carbocycles. The number of nitrogens with one attached hydrogen (secondary N) is 3. The molecular formula is C17H20N3OS+. The van der Waals surface area contributed by atoms with E-state index in [1.165, 1.54) is 0 Å². The van der Waals surface area contributed by atoms with Gasteiger partial charge in [-0.2, -0.15) is 0 Å². The van der Waals surface area contributed by atoms with Crippen LogP contribution < -0.4 is 20.6 Å². The largest absolute Gasteiger partial charge is 0.493 e. The highest BCUT2D eigenvalue weighted by Gasteiger charge is 2.09. The molecule has 2 rings (SSSR count). The van der Waals surface area contributed by atoms with Crippen LogP contribution in [-0.4, -0.2) is 24.5 Å². The Kier molecular flexibility index (Phi) is 5.91. The molecule has 0 heterocycles. The zero-order valence-electron chi connectivity index (χ0n) is 12.6. The van der Waals surface area contributed by atoms with Crippen molar-refractivity contribution in [2.75, 3.05) is 13.2 Å². The van der Waals surface area contributed by atoms with Crippen molar-refractivity contribution >= 4 is 34.3 Å². The molecule has 0 spiro atoms. The van der Waals surface area contributed by atoms with Crippen LogP contribution in [0.4, 0.5) is 0 Å². The summed E-state index contributed by atoms with van der Waals surface area (Å²) >= 11 is 5.13. The van der Waals surface area contributed by atoms with Crippen LogP contribution in [0, 0.1) is 0 Å². The number of fused-ring (bicyclic) bond motifs is 1. The molecule has 4 nitrogen and oxygen atoms in total. The van der Waals surface area contributed by atoms with E-state index >= 15 is 0 Å². The van der Waals surface area contributed by atoms with E-state index in [0.29, 0.717) is 18.3 Å². The summed E-state index contributed by atoms with van der Waals surface area (Å²) in [5.74, 6) is 0.834. The first kappa shape index (κ1) is 16.0. The maximum Gasteiger partial charge on any atom is 0.224 e. The third-order valence-electron chi connectivity index (χ3n) is 3.04. The zero-order valence-corrected chi connectivity index (χ0v) is 13.4. The van der Waals surface area contributed by atoms with Gasteiger partial charge in [0.2, 0.25) is 11.3 Å². The van der Waals surface area contributed by atoms with Gasteiger partial charge >= 0.3 is 0 Å². The van der Waals surface area contributed by atoms with Gasteiger partial charge in [-0.1, -0.05) is 36.4 Å². The van der Waals surface area contributed by atoms with Gasteiger partial charge in [-0.3, -0.25) is 0 Å². The quantitative estimate of drug-likeness (QED) is 0.326. The maximum absolute atomic E-state index is 5.71. The molecule has 0 radical (unpaired) electrons. The molecule has 0 saturated carbocycles. The van der Waals surface area contributed by atoms with E-state index in [0.717, 1.165) is 22.1 Å². The SMILES string of the molecule is C=CCNC(=S)N[NH+]=Cc1c(OCC)ccc2ccccc12. The Morgan fingerprint density at radius 3 is 2.91 bits per heavy atom. The smallest absolute Gasteiger partial charge is 0.224 e. The summed E-state index contributed by atoms with van der Waals surface area (Å²) in [6, 6.07) is 12.2. The van der Waals surface area contributed by atoms with E-state index < -0.39 is 0 Å². The van der Waals surface area contributed by atoms with E-state index in [2.05, 4.69) is 40.6 Å². The van der Waals surface area contributed by atoms with Crippen LogP contribution in [0.2, 0.25) is 0 Å². The first-order valence-electron chi connectivity index (χ1n) is 7.14. The van der Waals surface area contributed by atoms with Gasteiger partial charge in [0.05, 0.1) is 12.2 Å². The average Bonchev–Trinajstić information content (AvgIpc) is 2.54. The number of ether oxygens (including phenoxy) is 1. The molecule has 3 N–H and O–H groups in total. The lowest BCUT2D eigenvalue weighted by molar-refractivity contribution is -0.500. The van der Waals surface area contributed by atoms with Gasteiger partial charge in [0.25, 0.3) is 0 Å². The van der Waals surface area contributed by atoms with E-state index in [1.807, 2.05) is 31.3 Å². The van der Waals surface area contributed by atoms with Crippen LogP contribution >= 0.6 is 12.2 Å². The second-order valence-corrected chi connectivity index (χ2v) is 4.95. The van der Waals surface area contributed by atoms with E-state index in [1.54, 1.807) is 6.08 Å². The number of thiocarbonyl (C=S) groups is 1. The fourth-order valence-electron chi connectivity index (χ4n) is 2.09. The van der Waals surface area contributed by atoms with Gasteiger partial charge in [-0.15, -0.1) is 17.1 Å². The second-order valence-electron chi connectivity index (χ2n) is 4.54. The molecule has 114 valence electrons. The molecule has 0 amide bonds. The van der Waals surface area contributed by atoms with Crippen molar-refractivity contribution in [2.45, 2.75) is 6.92 Å². The first-order valence-corrected chi connectivity index (χ1v) is 7.55. The monoisotopic (exact) mass is 314 g/mol. The lowest BCUT2D eigenvalue weighted by atomic mass is 10.0. The Morgan fingerprint density at radius 2 is 2.14 bits per heavy atom. The predicted octanol–water partition coefficient (Wildman–Crippen LogP) is 1.30. The molecule has 0 unspecified atom stereocenters. The Hall–Kier alpha value is -2.40. The average molecular weight is 314 g/mol. The molecule has 0 aliphatic rings. The van der Waals surface area contributed by atoms with Gasteiger partial charge < -0.3 is 10.1 Å². The molecule has 0 aliphatic heterocycles. The van der Waals surface area contributed by atoms with Crippen LogP contribution in [0.25, 0.3) is 10.8 Å². The molecule has 0 atom stereocenters. The second kappa shape index (κ2) is 8.14. The Labute approximate surface area is 135 Å². The van der Waals surface area contributed by atoms with Crippen LogP contribution in [0.3, 0.4) is 0 Å². The molecule has 0 aromatic heterocycles. The van der Waals surface area contributed by atoms with Crippen molar-refractivity contribution < 1.29 is 9.84 Å². The Bertz CT molecular complexity index is 697. The highest BCUT2D eigenvalue weighted by atomic mass is 32.1. The molecule has 0 bridgehead atoms. The van der Waals surface area contributed by atoms with Crippen LogP contribution in [0.1, 0.15) is 12.5 Å². The third-order valence-corrected chi connectivity index (χ3v) is 3.29. The normalized spacial score (nSPS) is 10.6. The van der Waals surface area contributed by atoms with Crippen LogP contribution in [-0.2, 0) is 0 Å². The van der Waals surface area contributed by atoms with Gasteiger partial charge in [-0.05, 0) is 36.0 Å². The number of hydrazine groups is 1. The van der Waals surface area contributed by atoms with Gasteiger partial charge in [0.15, 0.2) is 0 Å². The summed E-state index contributed by atoms with van der Waals surface area (Å²) < 4.78 is 5.71. The topological polar surface area (TPSA) is 47.3 Å². The van der Waals surface area contributed by atoms with Crippen LogP contribution in [0.5, 0.6) is 5.75 Å². The fraction of sp³-hybridized carbons (Fsp3) is 0.176. The molecule has 22 heavy (non-hydrogen) atoms. The Balaban J connectivity index is 2.25. The molecule has 0 aliphatic carbocycles. The zero-order chi connectivity index (χ0) is 15.8. The number of benzene rings is 2. The van der Waals surface area contributed by atoms with E-state index in [4.69, 9.17) is 17.0 Å². The molecule has 0 fully saturated rings. The third kappa shape index (κ3) is 4.05. The summed E-state index contributed by atoms with van der Waals surface area (Å²) in [6.45, 7) is 6.84. The van der Waals surface area contributed by atoms with Crippen LogP contribution in [0.15, 0.2) is 49.1 Å². The number of rotatable bonds is 6. The maximum atomic E-state index is 5.71. The summed E-state index contributed by atoms with van der Waals surface area (Å²) in [5, 5.41) is 8.78. The summed E-state index contributed by atoms with van der Waals surface area (Å²) in [7, 11) is 0. The Morgan fingerprint density at radius 1 is 1.32 bits per heavy atom. The predicted molar refractivity (Wildman–Crippen MR) is 95.2 cm³/mol. The van der Waals surface area contributed by atoms with Crippen molar-refractivity contribution in [3.63, 3.8) is 0 Å². The molecular weight excluding hydrogens is 294 g/mol. The van der Waals surface area contributed by atoms with Crippen molar-refractivity contribution in [2.24, 2.45) is 0 Å². The van der Waals surface area contributed by atoms with Gasteiger partial charge in [0.1, 0.15) is 5.75 Å². The highest BCUT2D eigenvalue weighted by Crippen LogP contribution is 2.26. The minimum Gasteiger partial charge on any atom is -0.493 e. The summed E-state index contributed by atoms with van der Waals surface area (Å²) in [4.78, 5) is 0. The summed E-state index contributed by atoms with van der Waals surface area (Å²) in [6.07, 6.45) is 3.60. The minimum atomic E-state index is 0.509. The standard InChI is InChI=1S/C17H19N3OS/c1-3-11-18-17(22)20-19-12-15-14-8-6-5-7-13(14)9-10-16(15)21-4-2/h3,5-10,12H,1,4,11H2,2H3,(H2,18,20,22)/p+1. The number of hydrogen-bond donors (Lipinski definition) is 3. The lowest BCUT2D eigenvalue weighted by Crippen LogP contribution is -2.82. The fourth-order valence-corrected chi connectivity index (χ4v) is 2.23. The summed E-state index contributed by atoms with van der Waals surface area (Å²) in [5.41, 5.74) is 3.90. The highest BCUT2D eigenvalue weighted by molar-refractivity contribution is 7.80. The van der Waals surface area contributed by atoms with E-state index in [-0.39, 0.29) is 0 Å². The molecule has 2 aromatic rings. The molecule has 5 heteroatoms. The molecule has 0 saturated heterocycles. The van der Waals surface area contributed by atoms with Crippen molar-refractivity contribution in [1.29, 1.82) is 0 Å².